The molecule has 0 saturated carbocycles. The molecule has 0 unspecified atom stereocenters. The van der Waals surface area contributed by atoms with Crippen molar-refractivity contribution in [2.45, 2.75) is 44.6 Å². The van der Waals surface area contributed by atoms with Crippen LogP contribution in [-0.4, -0.2) is 50.3 Å². The summed E-state index contributed by atoms with van der Waals surface area (Å²) >= 11 is 0. The lowest BCUT2D eigenvalue weighted by atomic mass is 9.81. The smallest absolute Gasteiger partial charge is 0.355 e. The summed E-state index contributed by atoms with van der Waals surface area (Å²) in [7, 11) is 3.18. The molecule has 0 amide bonds. The van der Waals surface area contributed by atoms with Crippen molar-refractivity contribution in [3.63, 3.8) is 0 Å². The lowest BCUT2D eigenvalue weighted by Crippen LogP contribution is -2.18. The number of methoxy groups -OCH3 is 2. The first kappa shape index (κ1) is 20.5. The van der Waals surface area contributed by atoms with E-state index >= 15 is 0 Å². The minimum absolute atomic E-state index is 0.00128. The molecule has 7 nitrogen and oxygen atoms in total. The molecule has 0 spiro atoms. The minimum Gasteiger partial charge on any atom is -0.493 e. The number of aromatic amines is 1. The van der Waals surface area contributed by atoms with E-state index in [9.17, 15) is 9.59 Å². The fourth-order valence-electron chi connectivity index (χ4n) is 4.40. The van der Waals surface area contributed by atoms with Gasteiger partial charge in [0, 0.05) is 24.3 Å². The van der Waals surface area contributed by atoms with Crippen LogP contribution >= 0.6 is 0 Å². The summed E-state index contributed by atoms with van der Waals surface area (Å²) in [5.41, 5.74) is 3.43. The Labute approximate surface area is 175 Å². The maximum atomic E-state index is 12.9. The third-order valence-corrected chi connectivity index (χ3v) is 6.00. The van der Waals surface area contributed by atoms with Crippen LogP contribution in [0.1, 0.15) is 62.8 Å². The molecule has 1 N–H and O–H groups in total. The normalized spacial score (nSPS) is 20.7. The number of carbonyl (C=O) groups excluding carboxylic acids is 2. The number of fused-ring (bicyclic) bond motifs is 1. The summed E-state index contributed by atoms with van der Waals surface area (Å²) < 4.78 is 21.6. The Balaban J connectivity index is 1.54. The first-order chi connectivity index (χ1) is 14.5. The highest BCUT2D eigenvalue weighted by Gasteiger charge is 2.33. The molecule has 1 aromatic heterocycles. The van der Waals surface area contributed by atoms with E-state index in [0.29, 0.717) is 47.8 Å². The monoisotopic (exact) mass is 413 g/mol. The molecule has 160 valence electrons. The molecule has 2 heterocycles. The van der Waals surface area contributed by atoms with Crippen LogP contribution in [0, 0.1) is 6.92 Å². The molecule has 0 bridgehead atoms. The maximum absolute atomic E-state index is 12.9. The van der Waals surface area contributed by atoms with Gasteiger partial charge in [-0.25, -0.2) is 4.79 Å². The van der Waals surface area contributed by atoms with Crippen LogP contribution in [0.15, 0.2) is 18.2 Å². The van der Waals surface area contributed by atoms with E-state index in [4.69, 9.17) is 18.9 Å². The van der Waals surface area contributed by atoms with Gasteiger partial charge in [0.25, 0.3) is 0 Å². The van der Waals surface area contributed by atoms with E-state index in [1.54, 1.807) is 21.1 Å². The van der Waals surface area contributed by atoms with Crippen molar-refractivity contribution in [1.82, 2.24) is 4.98 Å². The molecule has 1 aliphatic carbocycles. The number of ether oxygens (including phenoxy) is 4. The van der Waals surface area contributed by atoms with Crippen LogP contribution in [0.4, 0.5) is 0 Å². The second kappa shape index (κ2) is 8.52. The number of hydrogen-bond donors (Lipinski definition) is 1. The van der Waals surface area contributed by atoms with Gasteiger partial charge in [-0.1, -0.05) is 6.07 Å². The van der Waals surface area contributed by atoms with Crippen molar-refractivity contribution in [1.29, 1.82) is 0 Å². The number of hydrogen-bond acceptors (Lipinski definition) is 6. The number of benzene rings is 1. The predicted octanol–water partition coefficient (Wildman–Crippen LogP) is 3.59. The predicted molar refractivity (Wildman–Crippen MR) is 110 cm³/mol. The average Bonchev–Trinajstić information content (AvgIpc) is 3.39. The summed E-state index contributed by atoms with van der Waals surface area (Å²) in [4.78, 5) is 28.7. The minimum atomic E-state index is -0.437. The Hall–Kier alpha value is -2.80. The number of H-pyrrole nitrogens is 1. The van der Waals surface area contributed by atoms with Crippen LogP contribution in [-0.2, 0) is 15.9 Å². The molecular formula is C23H27NO6. The molecule has 7 heteroatoms. The van der Waals surface area contributed by atoms with Crippen LogP contribution < -0.4 is 9.47 Å². The van der Waals surface area contributed by atoms with Gasteiger partial charge in [0.15, 0.2) is 17.3 Å². The SMILES string of the molecule is COc1ccc([C@@H]2CC(=O)c3c([nH]c(C(=O)OC[C@@H]4CCCO4)c3C)C2)cc1OC. The van der Waals surface area contributed by atoms with Gasteiger partial charge in [-0.05, 0) is 55.4 Å². The number of ketones is 1. The van der Waals surface area contributed by atoms with Crippen LogP contribution in [0.5, 0.6) is 11.5 Å². The lowest BCUT2D eigenvalue weighted by molar-refractivity contribution is 0.0156. The number of rotatable bonds is 6. The number of nitrogens with one attached hydrogen (secondary N) is 1. The van der Waals surface area contributed by atoms with E-state index in [0.717, 1.165) is 24.1 Å². The molecule has 1 aromatic carbocycles. The molecular weight excluding hydrogens is 386 g/mol. The molecule has 1 fully saturated rings. The zero-order valence-corrected chi connectivity index (χ0v) is 17.6. The van der Waals surface area contributed by atoms with Gasteiger partial charge in [0.2, 0.25) is 0 Å². The highest BCUT2D eigenvalue weighted by atomic mass is 16.6. The Morgan fingerprint density at radius 3 is 2.70 bits per heavy atom. The number of carbonyl (C=O) groups is 2. The fourth-order valence-corrected chi connectivity index (χ4v) is 4.40. The van der Waals surface area contributed by atoms with E-state index in [1.807, 2.05) is 18.2 Å². The standard InChI is InChI=1S/C23H27NO6/c1-13-21-17(24-22(13)23(26)30-12-16-5-4-8-29-16)9-15(10-18(21)25)14-6-7-19(27-2)20(11-14)28-3/h6-7,11,15-16,24H,4-5,8-10,12H2,1-3H3/t15-,16-/m0/s1. The van der Waals surface area contributed by atoms with Gasteiger partial charge in [-0.15, -0.1) is 0 Å². The Morgan fingerprint density at radius 1 is 1.20 bits per heavy atom. The average molecular weight is 413 g/mol. The topological polar surface area (TPSA) is 86.9 Å². The number of aromatic nitrogens is 1. The van der Waals surface area contributed by atoms with Crippen molar-refractivity contribution in [3.8, 4) is 11.5 Å². The van der Waals surface area contributed by atoms with Crippen LogP contribution in [0.3, 0.4) is 0 Å². The second-order valence-electron chi connectivity index (χ2n) is 7.85. The Bertz CT molecular complexity index is 957. The largest absolute Gasteiger partial charge is 0.493 e. The molecule has 2 aromatic rings. The summed E-state index contributed by atoms with van der Waals surface area (Å²) in [5, 5.41) is 0. The zero-order valence-electron chi connectivity index (χ0n) is 17.6. The van der Waals surface area contributed by atoms with Crippen molar-refractivity contribution in [2.24, 2.45) is 0 Å². The van der Waals surface area contributed by atoms with E-state index in [2.05, 4.69) is 4.98 Å². The molecule has 2 aliphatic rings. The highest BCUT2D eigenvalue weighted by molar-refractivity contribution is 6.03. The highest BCUT2D eigenvalue weighted by Crippen LogP contribution is 2.38. The zero-order chi connectivity index (χ0) is 21.3. The molecule has 1 aliphatic heterocycles. The van der Waals surface area contributed by atoms with Gasteiger partial charge >= 0.3 is 5.97 Å². The Morgan fingerprint density at radius 2 is 2.00 bits per heavy atom. The van der Waals surface area contributed by atoms with Gasteiger partial charge in [-0.2, -0.15) is 0 Å². The van der Waals surface area contributed by atoms with Crippen LogP contribution in [0.25, 0.3) is 0 Å². The van der Waals surface area contributed by atoms with E-state index in [1.165, 1.54) is 0 Å². The third-order valence-electron chi connectivity index (χ3n) is 6.00. The van der Waals surface area contributed by atoms with Gasteiger partial charge in [-0.3, -0.25) is 4.79 Å². The molecule has 30 heavy (non-hydrogen) atoms. The second-order valence-corrected chi connectivity index (χ2v) is 7.85. The third kappa shape index (κ3) is 3.81. The maximum Gasteiger partial charge on any atom is 0.355 e. The summed E-state index contributed by atoms with van der Waals surface area (Å²) in [5.74, 6) is 0.875. The summed E-state index contributed by atoms with van der Waals surface area (Å²) in [6, 6.07) is 5.72. The molecule has 0 radical (unpaired) electrons. The molecule has 4 rings (SSSR count). The quantitative estimate of drug-likeness (QED) is 0.729. The lowest BCUT2D eigenvalue weighted by Gasteiger charge is -2.23. The first-order valence-electron chi connectivity index (χ1n) is 10.3. The van der Waals surface area contributed by atoms with E-state index < -0.39 is 5.97 Å². The number of esters is 1. The van der Waals surface area contributed by atoms with Gasteiger partial charge < -0.3 is 23.9 Å². The van der Waals surface area contributed by atoms with Crippen molar-refractivity contribution in [3.05, 3.63) is 46.3 Å². The van der Waals surface area contributed by atoms with E-state index in [-0.39, 0.29) is 24.4 Å². The molecule has 1 saturated heterocycles. The summed E-state index contributed by atoms with van der Waals surface area (Å²) in [6.07, 6.45) is 2.88. The van der Waals surface area contributed by atoms with Gasteiger partial charge in [0.05, 0.1) is 20.3 Å². The van der Waals surface area contributed by atoms with Crippen molar-refractivity contribution < 1.29 is 28.5 Å². The van der Waals surface area contributed by atoms with Crippen LogP contribution in [0.2, 0.25) is 0 Å². The molecule has 2 atom stereocenters. The Kier molecular flexibility index (Phi) is 5.81. The number of Topliss-reactive ketones (excluding diaryl/α,β-unsaturated/α-hetero) is 1. The van der Waals surface area contributed by atoms with Crippen molar-refractivity contribution >= 4 is 11.8 Å². The summed E-state index contributed by atoms with van der Waals surface area (Å²) in [6.45, 7) is 2.75. The van der Waals surface area contributed by atoms with Crippen molar-refractivity contribution in [2.75, 3.05) is 27.4 Å². The van der Waals surface area contributed by atoms with Gasteiger partial charge in [0.1, 0.15) is 12.3 Å². The fraction of sp³-hybridized carbons (Fsp3) is 0.478. The first-order valence-corrected chi connectivity index (χ1v) is 10.3.